The lowest BCUT2D eigenvalue weighted by Crippen LogP contribution is -1.78. The van der Waals surface area contributed by atoms with Crippen LogP contribution in [0, 0.1) is 3.57 Å². The minimum atomic E-state index is -0.833. The highest BCUT2D eigenvalue weighted by Crippen LogP contribution is 1.99. The zero-order valence-electron chi connectivity index (χ0n) is 13.2. The van der Waals surface area contributed by atoms with Crippen LogP contribution in [-0.4, -0.2) is 44.3 Å². The van der Waals surface area contributed by atoms with E-state index in [0.717, 1.165) is 27.7 Å². The first-order valence-electron chi connectivity index (χ1n) is 5.81. The van der Waals surface area contributed by atoms with Gasteiger partial charge < -0.3 is 20.4 Å². The lowest BCUT2D eigenvalue weighted by Gasteiger charge is -1.80. The van der Waals surface area contributed by atoms with E-state index in [-0.39, 0.29) is 0 Å². The normalized spacial score (nSPS) is 7.00. The molecule has 0 spiro atoms. The molecule has 0 amide bonds. The molecular formula is C14H21IO8. The average molecular weight is 444 g/mol. The zero-order chi connectivity index (χ0) is 19.4. The van der Waals surface area contributed by atoms with E-state index >= 15 is 0 Å². The Morgan fingerprint density at radius 3 is 0.913 bits per heavy atom. The van der Waals surface area contributed by atoms with Crippen LogP contribution < -0.4 is 0 Å². The zero-order valence-corrected chi connectivity index (χ0v) is 15.3. The summed E-state index contributed by atoms with van der Waals surface area (Å²) in [5.41, 5.74) is 0. The maximum Gasteiger partial charge on any atom is 0.300 e. The molecule has 0 aliphatic rings. The fraction of sp³-hybridized carbons (Fsp3) is 0.286. The lowest BCUT2D eigenvalue weighted by molar-refractivity contribution is -0.135. The van der Waals surface area contributed by atoms with Gasteiger partial charge in [-0.1, -0.05) is 18.2 Å². The molecule has 0 heterocycles. The highest BCUT2D eigenvalue weighted by atomic mass is 127. The minimum absolute atomic E-state index is 0.833. The molecule has 0 fully saturated rings. The third kappa shape index (κ3) is 185. The molecule has 0 saturated carbocycles. The van der Waals surface area contributed by atoms with Gasteiger partial charge in [0, 0.05) is 31.3 Å². The van der Waals surface area contributed by atoms with Crippen molar-refractivity contribution in [3.05, 3.63) is 33.9 Å². The van der Waals surface area contributed by atoms with Gasteiger partial charge in [-0.05, 0) is 34.7 Å². The number of carboxylic acids is 4. The highest BCUT2D eigenvalue weighted by Gasteiger charge is 1.74. The van der Waals surface area contributed by atoms with Crippen LogP contribution in [0.5, 0.6) is 0 Å². The molecule has 0 unspecified atom stereocenters. The summed E-state index contributed by atoms with van der Waals surface area (Å²) in [4.78, 5) is 36.0. The summed E-state index contributed by atoms with van der Waals surface area (Å²) in [5.74, 6) is -3.33. The van der Waals surface area contributed by atoms with Crippen molar-refractivity contribution in [2.75, 3.05) is 0 Å². The maximum absolute atomic E-state index is 9.00. The molecule has 0 atom stereocenters. The van der Waals surface area contributed by atoms with Gasteiger partial charge in [0.2, 0.25) is 0 Å². The Hall–Kier alpha value is -2.17. The molecule has 0 radical (unpaired) electrons. The molecule has 23 heavy (non-hydrogen) atoms. The molecule has 1 aromatic carbocycles. The quantitative estimate of drug-likeness (QED) is 0.446. The van der Waals surface area contributed by atoms with Gasteiger partial charge in [-0.15, -0.1) is 0 Å². The van der Waals surface area contributed by atoms with E-state index in [0.29, 0.717) is 0 Å². The minimum Gasteiger partial charge on any atom is -0.481 e. The molecule has 1 rings (SSSR count). The van der Waals surface area contributed by atoms with Crippen LogP contribution >= 0.6 is 22.6 Å². The van der Waals surface area contributed by atoms with Crippen LogP contribution in [0.25, 0.3) is 0 Å². The van der Waals surface area contributed by atoms with E-state index in [1.165, 1.54) is 3.57 Å². The summed E-state index contributed by atoms with van der Waals surface area (Å²) in [5, 5.41) is 29.7. The molecular weight excluding hydrogens is 423 g/mol. The van der Waals surface area contributed by atoms with Crippen molar-refractivity contribution in [2.24, 2.45) is 0 Å². The van der Waals surface area contributed by atoms with E-state index < -0.39 is 23.9 Å². The predicted octanol–water partition coefficient (Wildman–Crippen LogP) is 2.65. The number of hydrogen-bond acceptors (Lipinski definition) is 4. The van der Waals surface area contributed by atoms with Crippen LogP contribution in [-0.2, 0) is 19.2 Å². The summed E-state index contributed by atoms with van der Waals surface area (Å²) in [6.45, 7) is 4.33. The number of carboxylic acid groups (broad SMARTS) is 4. The summed E-state index contributed by atoms with van der Waals surface area (Å²) >= 11 is 2.28. The van der Waals surface area contributed by atoms with Gasteiger partial charge >= 0.3 is 0 Å². The molecule has 0 saturated heterocycles. The molecule has 9 heteroatoms. The lowest BCUT2D eigenvalue weighted by atomic mass is 10.4. The van der Waals surface area contributed by atoms with E-state index in [2.05, 4.69) is 34.7 Å². The first-order valence-corrected chi connectivity index (χ1v) is 6.89. The van der Waals surface area contributed by atoms with Crippen LogP contribution in [0.2, 0.25) is 0 Å². The molecule has 8 nitrogen and oxygen atoms in total. The standard InChI is InChI=1S/C6H5I.4C2H4O2/c7-6-4-2-1-3-5-6;4*1-2(3)4/h1-5H;4*1H3,(H,3,4). The molecule has 0 bridgehead atoms. The van der Waals surface area contributed by atoms with Crippen LogP contribution in [0.1, 0.15) is 27.7 Å². The largest absolute Gasteiger partial charge is 0.481 e. The average Bonchev–Trinajstić information content (AvgIpc) is 2.26. The molecule has 1 aromatic rings. The number of carbonyl (C=O) groups is 4. The summed E-state index contributed by atoms with van der Waals surface area (Å²) in [6, 6.07) is 10.2. The number of hydrogen-bond donors (Lipinski definition) is 4. The fourth-order valence-corrected chi connectivity index (χ4v) is 0.830. The smallest absolute Gasteiger partial charge is 0.300 e. The Balaban J connectivity index is -0.000000102. The number of halogens is 1. The second-order valence-corrected chi connectivity index (χ2v) is 4.62. The first kappa shape index (κ1) is 28.9. The predicted molar refractivity (Wildman–Crippen MR) is 92.4 cm³/mol. The second-order valence-electron chi connectivity index (χ2n) is 3.37. The van der Waals surface area contributed by atoms with Crippen molar-refractivity contribution in [2.45, 2.75) is 27.7 Å². The van der Waals surface area contributed by atoms with E-state index in [4.69, 9.17) is 39.6 Å². The topological polar surface area (TPSA) is 149 Å². The van der Waals surface area contributed by atoms with Crippen molar-refractivity contribution >= 4 is 46.5 Å². The van der Waals surface area contributed by atoms with Gasteiger partial charge in [-0.3, -0.25) is 19.2 Å². The SMILES string of the molecule is CC(=O)O.CC(=O)O.CC(=O)O.CC(=O)O.Ic1ccccc1. The van der Waals surface area contributed by atoms with Crippen LogP contribution in [0.15, 0.2) is 30.3 Å². The molecule has 0 aromatic heterocycles. The molecule has 4 N–H and O–H groups in total. The first-order chi connectivity index (χ1) is 10.3. The fourth-order valence-electron chi connectivity index (χ4n) is 0.415. The van der Waals surface area contributed by atoms with Crippen molar-refractivity contribution in [1.82, 2.24) is 0 Å². The van der Waals surface area contributed by atoms with Crippen LogP contribution in [0.3, 0.4) is 0 Å². The summed E-state index contributed by atoms with van der Waals surface area (Å²) < 4.78 is 1.29. The van der Waals surface area contributed by atoms with Gasteiger partial charge in [0.1, 0.15) is 0 Å². The second kappa shape index (κ2) is 22.1. The number of aliphatic carboxylic acids is 4. The Morgan fingerprint density at radius 1 is 0.652 bits per heavy atom. The Kier molecular flexibility index (Phi) is 27.8. The number of benzene rings is 1. The molecule has 0 aliphatic carbocycles. The van der Waals surface area contributed by atoms with Gasteiger partial charge in [-0.25, -0.2) is 0 Å². The van der Waals surface area contributed by atoms with E-state index in [1.807, 2.05) is 18.2 Å². The Morgan fingerprint density at radius 2 is 0.826 bits per heavy atom. The Labute approximate surface area is 147 Å². The van der Waals surface area contributed by atoms with Crippen molar-refractivity contribution < 1.29 is 39.6 Å². The van der Waals surface area contributed by atoms with Gasteiger partial charge in [0.25, 0.3) is 23.9 Å². The monoisotopic (exact) mass is 444 g/mol. The summed E-state index contributed by atoms with van der Waals surface area (Å²) in [6.07, 6.45) is 0. The van der Waals surface area contributed by atoms with Gasteiger partial charge in [-0.2, -0.15) is 0 Å². The number of rotatable bonds is 0. The molecule has 0 aliphatic heterocycles. The van der Waals surface area contributed by atoms with E-state index in [1.54, 1.807) is 0 Å². The van der Waals surface area contributed by atoms with E-state index in [9.17, 15) is 0 Å². The van der Waals surface area contributed by atoms with Gasteiger partial charge in [0.15, 0.2) is 0 Å². The van der Waals surface area contributed by atoms with Crippen LogP contribution in [0.4, 0.5) is 0 Å². The maximum atomic E-state index is 9.00. The van der Waals surface area contributed by atoms with Crippen molar-refractivity contribution in [1.29, 1.82) is 0 Å². The third-order valence-corrected chi connectivity index (χ3v) is 1.45. The van der Waals surface area contributed by atoms with Gasteiger partial charge in [0.05, 0.1) is 0 Å². The highest BCUT2D eigenvalue weighted by molar-refractivity contribution is 14.1. The third-order valence-electron chi connectivity index (χ3n) is 0.733. The van der Waals surface area contributed by atoms with Crippen molar-refractivity contribution in [3.8, 4) is 0 Å². The Bertz CT molecular complexity index is 381. The summed E-state index contributed by atoms with van der Waals surface area (Å²) in [7, 11) is 0. The molecule has 132 valence electrons. The van der Waals surface area contributed by atoms with Crippen molar-refractivity contribution in [3.63, 3.8) is 0 Å².